The zero-order chi connectivity index (χ0) is 7.91. The molecule has 0 nitrogen and oxygen atoms in total. The molecule has 10 heavy (non-hydrogen) atoms. The predicted octanol–water partition coefficient (Wildman–Crippen LogP) is 2.88. The molecule has 0 N–H and O–H groups in total. The Morgan fingerprint density at radius 1 is 1.20 bits per heavy atom. The topological polar surface area (TPSA) is 0 Å². The first-order chi connectivity index (χ1) is 3.91. The molecule has 0 aliphatic carbocycles. The molecule has 0 aliphatic rings. The number of rotatable bonds is 0. The van der Waals surface area contributed by atoms with Crippen molar-refractivity contribution in [3.63, 3.8) is 0 Å². The second-order valence-electron chi connectivity index (χ2n) is 3.13. The molecule has 0 rings (SSSR count). The normalized spacial score (nSPS) is 9.70. The number of hydrogen-bond acceptors (Lipinski definition) is 0. The van der Waals surface area contributed by atoms with Crippen LogP contribution in [-0.2, 0) is 0 Å². The molecule has 0 heterocycles. The fourth-order valence-corrected chi connectivity index (χ4v) is 0. The first-order valence-electron chi connectivity index (χ1n) is 3.17. The molecule has 0 bridgehead atoms. The third-order valence-electron chi connectivity index (χ3n) is 0.236. The molecule has 1 heteroatoms. The van der Waals surface area contributed by atoms with Gasteiger partial charge in [-0.3, -0.25) is 0 Å². The first-order valence-corrected chi connectivity index (χ1v) is 3.17. The maximum Gasteiger partial charge on any atom is 2.00 e. The summed E-state index contributed by atoms with van der Waals surface area (Å²) in [7, 11) is 0. The summed E-state index contributed by atoms with van der Waals surface area (Å²) in [4.78, 5) is 0. The summed E-state index contributed by atoms with van der Waals surface area (Å²) in [6.07, 6.45) is 3.64. The zero-order valence-electron chi connectivity index (χ0n) is 7.78. The summed E-state index contributed by atoms with van der Waals surface area (Å²) in [6, 6.07) is 0. The van der Waals surface area contributed by atoms with Crippen LogP contribution in [0, 0.1) is 19.3 Å². The van der Waals surface area contributed by atoms with Gasteiger partial charge < -0.3 is 6.92 Å². The minimum Gasteiger partial charge on any atom is -0.338 e. The van der Waals surface area contributed by atoms with Crippen molar-refractivity contribution >= 4 is 23.1 Å². The second kappa shape index (κ2) is 9.38. The molecule has 56 valence electrons. The van der Waals surface area contributed by atoms with Gasteiger partial charge in [0.2, 0.25) is 0 Å². The number of hydrogen-bond donors (Lipinski definition) is 0. The van der Waals surface area contributed by atoms with Gasteiger partial charge >= 0.3 is 23.1 Å². The molecule has 0 atom stereocenters. The van der Waals surface area contributed by atoms with E-state index in [1.807, 2.05) is 13.0 Å². The van der Waals surface area contributed by atoms with E-state index >= 15 is 0 Å². The van der Waals surface area contributed by atoms with Crippen molar-refractivity contribution in [1.82, 2.24) is 0 Å². The van der Waals surface area contributed by atoms with Crippen molar-refractivity contribution < 1.29 is 0 Å². The van der Waals surface area contributed by atoms with Crippen LogP contribution in [0.25, 0.3) is 0 Å². The summed E-state index contributed by atoms with van der Waals surface area (Å²) in [6.45, 7) is 15.4. The molecule has 0 spiro atoms. The average Bonchev–Trinajstić information content (AvgIpc) is 1.61. The van der Waals surface area contributed by atoms with Crippen molar-refractivity contribution in [2.24, 2.45) is 5.41 Å². The molecule has 0 saturated heterocycles. The Hall–Kier alpha value is 0.376. The van der Waals surface area contributed by atoms with Crippen molar-refractivity contribution in [3.05, 3.63) is 26.0 Å². The summed E-state index contributed by atoms with van der Waals surface area (Å²) >= 11 is 0. The van der Waals surface area contributed by atoms with E-state index in [9.17, 15) is 0 Å². The Bertz CT molecular complexity index is 57.3. The molecule has 0 amide bonds. The third-order valence-corrected chi connectivity index (χ3v) is 0.236. The van der Waals surface area contributed by atoms with Crippen LogP contribution in [0.15, 0.2) is 12.2 Å². The van der Waals surface area contributed by atoms with E-state index in [2.05, 4.69) is 34.6 Å². The molecule has 0 aromatic carbocycles. The van der Waals surface area contributed by atoms with Crippen LogP contribution in [0.3, 0.4) is 0 Å². The van der Waals surface area contributed by atoms with E-state index in [0.717, 1.165) is 0 Å². The molecule has 0 fully saturated rings. The van der Waals surface area contributed by atoms with Gasteiger partial charge in [-0.05, 0) is 0 Å². The van der Waals surface area contributed by atoms with Crippen molar-refractivity contribution in [1.29, 1.82) is 0 Å². The maximum absolute atomic E-state index is 3.77. The molecular formula is C9H18Mg. The van der Waals surface area contributed by atoms with Crippen LogP contribution in [0.1, 0.15) is 27.7 Å². The van der Waals surface area contributed by atoms with Crippen molar-refractivity contribution in [2.45, 2.75) is 27.7 Å². The van der Waals surface area contributed by atoms with Crippen LogP contribution in [-0.4, -0.2) is 23.1 Å². The van der Waals surface area contributed by atoms with Crippen molar-refractivity contribution in [2.75, 3.05) is 0 Å². The summed E-state index contributed by atoms with van der Waals surface area (Å²) < 4.78 is 0. The van der Waals surface area contributed by atoms with E-state index in [1.165, 1.54) is 0 Å². The third kappa shape index (κ3) is 241. The van der Waals surface area contributed by atoms with E-state index in [1.54, 1.807) is 6.08 Å². The van der Waals surface area contributed by atoms with Gasteiger partial charge in [0.15, 0.2) is 0 Å². The maximum atomic E-state index is 3.77. The minimum atomic E-state index is 0. The smallest absolute Gasteiger partial charge is 0.338 e. The number of allylic oxidation sites excluding steroid dienone is 2. The fraction of sp³-hybridized carbons (Fsp3) is 0.556. The van der Waals surface area contributed by atoms with Crippen LogP contribution in [0.5, 0.6) is 0 Å². The van der Waals surface area contributed by atoms with Gasteiger partial charge in [0, 0.05) is 0 Å². The first kappa shape index (κ1) is 16.8. The van der Waals surface area contributed by atoms with Gasteiger partial charge in [-0.1, -0.05) is 20.8 Å². The zero-order valence-corrected chi connectivity index (χ0v) is 9.19. The van der Waals surface area contributed by atoms with E-state index in [-0.39, 0.29) is 28.5 Å². The Labute approximate surface area is 82.2 Å². The van der Waals surface area contributed by atoms with E-state index in [4.69, 9.17) is 0 Å². The Morgan fingerprint density at radius 2 is 1.30 bits per heavy atom. The van der Waals surface area contributed by atoms with Crippen LogP contribution in [0.2, 0.25) is 0 Å². The Kier molecular flexibility index (Phi) is 15.7. The quantitative estimate of drug-likeness (QED) is 0.368. The largest absolute Gasteiger partial charge is 2.00 e. The van der Waals surface area contributed by atoms with Crippen molar-refractivity contribution in [3.8, 4) is 0 Å². The van der Waals surface area contributed by atoms with E-state index < -0.39 is 0 Å². The minimum absolute atomic E-state index is 0. The Balaban J connectivity index is -0.0000000910. The van der Waals surface area contributed by atoms with Crippen LogP contribution >= 0.6 is 0 Å². The summed E-state index contributed by atoms with van der Waals surface area (Å²) in [5.41, 5.74) is 0.250. The van der Waals surface area contributed by atoms with Crippen LogP contribution in [0.4, 0.5) is 0 Å². The molecule has 0 aromatic heterocycles. The van der Waals surface area contributed by atoms with Gasteiger partial charge in [0.1, 0.15) is 0 Å². The predicted molar refractivity (Wildman–Crippen MR) is 50.7 cm³/mol. The SMILES string of the molecule is [CH2-]C(C)(C)C.[CH2-]C=CC.[Mg+2]. The average molecular weight is 151 g/mol. The van der Waals surface area contributed by atoms with Gasteiger partial charge in [-0.25, -0.2) is 19.1 Å². The van der Waals surface area contributed by atoms with Gasteiger partial charge in [0.25, 0.3) is 0 Å². The molecule has 0 saturated carbocycles. The monoisotopic (exact) mass is 150 g/mol. The summed E-state index contributed by atoms with van der Waals surface area (Å²) in [5.74, 6) is 0. The standard InChI is InChI=1S/C5H11.C4H7.Mg/c1-5(2,3)4;1-3-4-2;/h1H2,2-4H3;3-4H,1H2,2H3;/q2*-1;+2. The molecule has 0 aliphatic heterocycles. The fourth-order valence-electron chi connectivity index (χ4n) is 0. The molecular weight excluding hydrogens is 132 g/mol. The van der Waals surface area contributed by atoms with Gasteiger partial charge in [-0.2, -0.15) is 5.41 Å². The molecule has 0 unspecified atom stereocenters. The van der Waals surface area contributed by atoms with Gasteiger partial charge in [-0.15, -0.1) is 6.92 Å². The van der Waals surface area contributed by atoms with Crippen LogP contribution < -0.4 is 0 Å². The second-order valence-corrected chi connectivity index (χ2v) is 3.13. The summed E-state index contributed by atoms with van der Waals surface area (Å²) in [5, 5.41) is 0. The molecule has 0 radical (unpaired) electrons. The van der Waals surface area contributed by atoms with E-state index in [0.29, 0.717) is 0 Å². The Morgan fingerprint density at radius 3 is 1.30 bits per heavy atom. The molecule has 0 aromatic rings. The van der Waals surface area contributed by atoms with Gasteiger partial charge in [0.05, 0.1) is 0 Å².